The maximum Gasteiger partial charge on any atom is 0.172 e. The molecule has 4 nitrogen and oxygen atoms in total. The minimum Gasteiger partial charge on any atom is -0.497 e. The Morgan fingerprint density at radius 3 is 2.63 bits per heavy atom. The maximum absolute atomic E-state index is 12.2. The van der Waals surface area contributed by atoms with Gasteiger partial charge in [0.1, 0.15) is 11.5 Å². The van der Waals surface area contributed by atoms with E-state index in [-0.39, 0.29) is 12.2 Å². The van der Waals surface area contributed by atoms with E-state index in [0.29, 0.717) is 17.1 Å². The molecular weight excluding hydrogens is 242 g/mol. The van der Waals surface area contributed by atoms with Crippen molar-refractivity contribution < 1.29 is 14.3 Å². The molecule has 0 N–H and O–H groups in total. The lowest BCUT2D eigenvalue weighted by Gasteiger charge is -2.09. The highest BCUT2D eigenvalue weighted by Gasteiger charge is 2.14. The van der Waals surface area contributed by atoms with Crippen molar-refractivity contribution in [3.05, 3.63) is 53.9 Å². The zero-order chi connectivity index (χ0) is 13.7. The lowest BCUT2D eigenvalue weighted by atomic mass is 10.0. The van der Waals surface area contributed by atoms with Gasteiger partial charge < -0.3 is 9.47 Å². The third-order valence-electron chi connectivity index (χ3n) is 2.78. The zero-order valence-corrected chi connectivity index (χ0v) is 10.9. The van der Waals surface area contributed by atoms with Crippen LogP contribution in [0.3, 0.4) is 0 Å². The molecular formula is C15H15NO3. The summed E-state index contributed by atoms with van der Waals surface area (Å²) < 4.78 is 10.3. The van der Waals surface area contributed by atoms with Gasteiger partial charge in [0.15, 0.2) is 5.78 Å². The van der Waals surface area contributed by atoms with Gasteiger partial charge in [-0.05, 0) is 24.3 Å². The molecule has 0 fully saturated rings. The molecule has 1 aromatic heterocycles. The van der Waals surface area contributed by atoms with E-state index >= 15 is 0 Å². The molecule has 0 atom stereocenters. The summed E-state index contributed by atoms with van der Waals surface area (Å²) in [5.41, 5.74) is 1.28. The number of ether oxygens (including phenoxy) is 2. The average Bonchev–Trinajstić information content (AvgIpc) is 2.47. The number of nitrogens with zero attached hydrogens (tertiary/aromatic N) is 1. The number of carbonyl (C=O) groups excluding carboxylic acids is 1. The predicted molar refractivity (Wildman–Crippen MR) is 71.8 cm³/mol. The first-order chi connectivity index (χ1) is 9.24. The number of ketones is 1. The summed E-state index contributed by atoms with van der Waals surface area (Å²) in [6.45, 7) is 0. The Bertz CT molecular complexity index is 567. The van der Waals surface area contributed by atoms with Crippen LogP contribution in [-0.2, 0) is 6.42 Å². The number of aromatic nitrogens is 1. The Kier molecular flexibility index (Phi) is 4.13. The van der Waals surface area contributed by atoms with Crippen LogP contribution in [0.5, 0.6) is 11.5 Å². The Morgan fingerprint density at radius 1 is 1.16 bits per heavy atom. The Morgan fingerprint density at radius 2 is 2.00 bits per heavy atom. The number of Topliss-reactive ketones (excluding diaryl/α,β-unsaturated/α-hetero) is 1. The number of rotatable bonds is 5. The van der Waals surface area contributed by atoms with Crippen LogP contribution in [0.4, 0.5) is 0 Å². The lowest BCUT2D eigenvalue weighted by molar-refractivity contribution is 0.0989. The van der Waals surface area contributed by atoms with Crippen molar-refractivity contribution in [1.29, 1.82) is 0 Å². The lowest BCUT2D eigenvalue weighted by Crippen LogP contribution is -2.07. The van der Waals surface area contributed by atoms with E-state index in [0.717, 1.165) is 5.69 Å². The number of pyridine rings is 1. The molecule has 0 radical (unpaired) electrons. The van der Waals surface area contributed by atoms with E-state index < -0.39 is 0 Å². The molecule has 0 saturated heterocycles. The molecule has 1 heterocycles. The monoisotopic (exact) mass is 257 g/mol. The minimum absolute atomic E-state index is 0.0294. The van der Waals surface area contributed by atoms with E-state index in [1.165, 1.54) is 7.11 Å². The molecule has 2 aromatic rings. The molecule has 1 aromatic carbocycles. The van der Waals surface area contributed by atoms with Crippen molar-refractivity contribution in [2.45, 2.75) is 6.42 Å². The van der Waals surface area contributed by atoms with Crippen molar-refractivity contribution in [3.8, 4) is 11.5 Å². The van der Waals surface area contributed by atoms with Crippen LogP contribution in [-0.4, -0.2) is 25.0 Å². The number of hydrogen-bond donors (Lipinski definition) is 0. The number of hydrogen-bond acceptors (Lipinski definition) is 4. The number of benzene rings is 1. The Hall–Kier alpha value is -2.36. The second-order valence-electron chi connectivity index (χ2n) is 3.99. The number of methoxy groups -OCH3 is 2. The summed E-state index contributed by atoms with van der Waals surface area (Å²) in [7, 11) is 3.11. The largest absolute Gasteiger partial charge is 0.497 e. The summed E-state index contributed by atoms with van der Waals surface area (Å²) in [6.07, 6.45) is 1.93. The smallest absolute Gasteiger partial charge is 0.172 e. The molecule has 0 amide bonds. The van der Waals surface area contributed by atoms with Crippen LogP contribution in [0.15, 0.2) is 42.6 Å². The highest BCUT2D eigenvalue weighted by Crippen LogP contribution is 2.25. The van der Waals surface area contributed by atoms with Gasteiger partial charge >= 0.3 is 0 Å². The molecule has 0 spiro atoms. The topological polar surface area (TPSA) is 48.4 Å². The summed E-state index contributed by atoms with van der Waals surface area (Å²) in [5.74, 6) is 1.14. The van der Waals surface area contributed by atoms with E-state index in [1.54, 1.807) is 31.5 Å². The average molecular weight is 257 g/mol. The highest BCUT2D eigenvalue weighted by molar-refractivity contribution is 6.00. The van der Waals surface area contributed by atoms with Crippen molar-refractivity contribution >= 4 is 5.78 Å². The van der Waals surface area contributed by atoms with Crippen molar-refractivity contribution in [1.82, 2.24) is 4.98 Å². The third-order valence-corrected chi connectivity index (χ3v) is 2.78. The molecule has 2 rings (SSSR count). The maximum atomic E-state index is 12.2. The van der Waals surface area contributed by atoms with Gasteiger partial charge in [-0.3, -0.25) is 9.78 Å². The summed E-state index contributed by atoms with van der Waals surface area (Å²) >= 11 is 0. The molecule has 0 aliphatic rings. The van der Waals surface area contributed by atoms with Crippen LogP contribution >= 0.6 is 0 Å². The summed E-state index contributed by atoms with van der Waals surface area (Å²) in [6, 6.07) is 10.7. The van der Waals surface area contributed by atoms with Crippen LogP contribution < -0.4 is 9.47 Å². The molecule has 0 aliphatic heterocycles. The van der Waals surface area contributed by atoms with Crippen LogP contribution in [0.2, 0.25) is 0 Å². The fourth-order valence-electron chi connectivity index (χ4n) is 1.79. The van der Waals surface area contributed by atoms with E-state index in [1.807, 2.05) is 18.2 Å². The molecule has 98 valence electrons. The Labute approximate surface area is 112 Å². The minimum atomic E-state index is -0.0294. The molecule has 0 bridgehead atoms. The third kappa shape index (κ3) is 3.10. The van der Waals surface area contributed by atoms with Gasteiger partial charge in [-0.1, -0.05) is 6.07 Å². The summed E-state index contributed by atoms with van der Waals surface area (Å²) in [5, 5.41) is 0. The second-order valence-corrected chi connectivity index (χ2v) is 3.99. The van der Waals surface area contributed by atoms with Crippen molar-refractivity contribution in [3.63, 3.8) is 0 Å². The van der Waals surface area contributed by atoms with Crippen LogP contribution in [0.1, 0.15) is 16.1 Å². The SMILES string of the molecule is COc1ccc(C(=O)Cc2ccccn2)c(OC)c1. The number of carbonyl (C=O) groups is 1. The molecule has 4 heteroatoms. The Balaban J connectivity index is 2.24. The first kappa shape index (κ1) is 13.1. The van der Waals surface area contributed by atoms with E-state index in [4.69, 9.17) is 9.47 Å². The quantitative estimate of drug-likeness (QED) is 0.772. The normalized spacial score (nSPS) is 10.0. The van der Waals surface area contributed by atoms with Crippen LogP contribution in [0.25, 0.3) is 0 Å². The molecule has 0 saturated carbocycles. The summed E-state index contributed by atoms with van der Waals surface area (Å²) in [4.78, 5) is 16.4. The molecule has 19 heavy (non-hydrogen) atoms. The first-order valence-electron chi connectivity index (χ1n) is 5.89. The standard InChI is InChI=1S/C15H15NO3/c1-18-12-6-7-13(15(10-12)19-2)14(17)9-11-5-3-4-8-16-11/h3-8,10H,9H2,1-2H3. The van der Waals surface area contributed by atoms with Gasteiger partial charge in [-0.2, -0.15) is 0 Å². The molecule has 0 unspecified atom stereocenters. The molecule has 0 aliphatic carbocycles. The van der Waals surface area contributed by atoms with E-state index in [2.05, 4.69) is 4.98 Å². The van der Waals surface area contributed by atoms with Gasteiger partial charge in [0.05, 0.1) is 26.2 Å². The first-order valence-corrected chi connectivity index (χ1v) is 5.89. The van der Waals surface area contributed by atoms with Gasteiger partial charge in [0, 0.05) is 18.0 Å². The fourth-order valence-corrected chi connectivity index (χ4v) is 1.79. The van der Waals surface area contributed by atoms with Gasteiger partial charge in [0.2, 0.25) is 0 Å². The van der Waals surface area contributed by atoms with Gasteiger partial charge in [0.25, 0.3) is 0 Å². The van der Waals surface area contributed by atoms with Gasteiger partial charge in [-0.25, -0.2) is 0 Å². The second kappa shape index (κ2) is 6.00. The van der Waals surface area contributed by atoms with Crippen molar-refractivity contribution in [2.24, 2.45) is 0 Å². The van der Waals surface area contributed by atoms with Gasteiger partial charge in [-0.15, -0.1) is 0 Å². The predicted octanol–water partition coefficient (Wildman–Crippen LogP) is 2.52. The zero-order valence-electron chi connectivity index (χ0n) is 10.9. The van der Waals surface area contributed by atoms with Crippen molar-refractivity contribution in [2.75, 3.05) is 14.2 Å². The fraction of sp³-hybridized carbons (Fsp3) is 0.200. The highest BCUT2D eigenvalue weighted by atomic mass is 16.5. The van der Waals surface area contributed by atoms with E-state index in [9.17, 15) is 4.79 Å². The van der Waals surface area contributed by atoms with Crippen LogP contribution in [0, 0.1) is 0 Å².